The van der Waals surface area contributed by atoms with Gasteiger partial charge in [0, 0.05) is 29.7 Å². The summed E-state index contributed by atoms with van der Waals surface area (Å²) in [6, 6.07) is 16.3. The molecule has 0 atom stereocenters. The molecule has 0 saturated carbocycles. The van der Waals surface area contributed by atoms with Crippen molar-refractivity contribution in [2.75, 3.05) is 16.0 Å². The van der Waals surface area contributed by atoms with Crippen LogP contribution in [0.25, 0.3) is 0 Å². The van der Waals surface area contributed by atoms with Crippen LogP contribution in [0, 0.1) is 13.8 Å². The van der Waals surface area contributed by atoms with Crippen LogP contribution in [0.1, 0.15) is 28.7 Å². The van der Waals surface area contributed by atoms with Gasteiger partial charge in [0.25, 0.3) is 5.91 Å². The molecule has 3 N–H and O–H groups in total. The van der Waals surface area contributed by atoms with E-state index in [1.165, 1.54) is 6.92 Å². The zero-order chi connectivity index (χ0) is 20.1. The van der Waals surface area contributed by atoms with E-state index in [1.54, 1.807) is 30.3 Å². The average molecular weight is 375 g/mol. The zero-order valence-electron chi connectivity index (χ0n) is 15.9. The van der Waals surface area contributed by atoms with Gasteiger partial charge >= 0.3 is 0 Å². The Morgan fingerprint density at radius 2 is 1.50 bits per heavy atom. The van der Waals surface area contributed by atoms with Gasteiger partial charge < -0.3 is 16.0 Å². The lowest BCUT2D eigenvalue weighted by molar-refractivity contribution is -0.114. The van der Waals surface area contributed by atoms with E-state index in [-0.39, 0.29) is 17.5 Å². The van der Waals surface area contributed by atoms with E-state index in [0.29, 0.717) is 23.0 Å². The van der Waals surface area contributed by atoms with Gasteiger partial charge in [0.1, 0.15) is 5.69 Å². The van der Waals surface area contributed by atoms with Crippen LogP contribution in [0.4, 0.5) is 23.0 Å². The fraction of sp³-hybridized carbons (Fsp3) is 0.143. The number of amides is 2. The number of benzene rings is 2. The maximum atomic E-state index is 12.6. The maximum Gasteiger partial charge on any atom is 0.274 e. The Morgan fingerprint density at radius 1 is 0.821 bits per heavy atom. The minimum absolute atomic E-state index is 0.151. The van der Waals surface area contributed by atoms with Crippen LogP contribution in [-0.2, 0) is 4.79 Å². The third kappa shape index (κ3) is 5.14. The van der Waals surface area contributed by atoms with Crippen LogP contribution in [0.15, 0.2) is 54.6 Å². The van der Waals surface area contributed by atoms with Crippen molar-refractivity contribution in [3.8, 4) is 0 Å². The summed E-state index contributed by atoms with van der Waals surface area (Å²) < 4.78 is 0. The van der Waals surface area contributed by atoms with Gasteiger partial charge in [-0.15, -0.1) is 0 Å². The number of hydrogen-bond donors (Lipinski definition) is 3. The summed E-state index contributed by atoms with van der Waals surface area (Å²) in [4.78, 5) is 32.3. The Hall–Kier alpha value is -3.74. The molecule has 0 aliphatic heterocycles. The number of nitrogens with zero attached hydrogens (tertiary/aromatic N) is 2. The summed E-state index contributed by atoms with van der Waals surface area (Å²) in [5.41, 5.74) is 4.16. The fourth-order valence-electron chi connectivity index (χ4n) is 2.63. The van der Waals surface area contributed by atoms with E-state index in [1.807, 2.05) is 38.1 Å². The van der Waals surface area contributed by atoms with Crippen molar-refractivity contribution in [1.29, 1.82) is 0 Å². The maximum absolute atomic E-state index is 12.6. The first-order valence-electron chi connectivity index (χ1n) is 8.77. The molecule has 0 aliphatic carbocycles. The van der Waals surface area contributed by atoms with Gasteiger partial charge in [-0.2, -0.15) is 0 Å². The molecular formula is C21H21N5O2. The van der Waals surface area contributed by atoms with Gasteiger partial charge in [-0.1, -0.05) is 12.1 Å². The number of hydrogen-bond acceptors (Lipinski definition) is 5. The second kappa shape index (κ2) is 8.30. The third-order valence-corrected chi connectivity index (χ3v) is 3.82. The van der Waals surface area contributed by atoms with Crippen molar-refractivity contribution in [2.24, 2.45) is 0 Å². The molecule has 2 aromatic carbocycles. The van der Waals surface area contributed by atoms with Crippen LogP contribution >= 0.6 is 0 Å². The van der Waals surface area contributed by atoms with Gasteiger partial charge in [-0.3, -0.25) is 9.59 Å². The van der Waals surface area contributed by atoms with Crippen LogP contribution in [0.3, 0.4) is 0 Å². The molecule has 1 heterocycles. The van der Waals surface area contributed by atoms with Crippen LogP contribution in [0.5, 0.6) is 0 Å². The Bertz CT molecular complexity index is 1020. The Kier molecular flexibility index (Phi) is 5.64. The highest BCUT2D eigenvalue weighted by Gasteiger charge is 2.11. The lowest BCUT2D eigenvalue weighted by Gasteiger charge is -2.10. The molecule has 0 fully saturated rings. The van der Waals surface area contributed by atoms with Gasteiger partial charge in [-0.05, 0) is 61.9 Å². The molecule has 7 heteroatoms. The molecule has 2 amide bonds. The molecule has 28 heavy (non-hydrogen) atoms. The van der Waals surface area contributed by atoms with Crippen molar-refractivity contribution in [3.63, 3.8) is 0 Å². The monoisotopic (exact) mass is 375 g/mol. The van der Waals surface area contributed by atoms with E-state index in [2.05, 4.69) is 25.9 Å². The predicted octanol–water partition coefficient (Wildman–Crippen LogP) is 4.05. The molecule has 0 aliphatic rings. The van der Waals surface area contributed by atoms with E-state index < -0.39 is 0 Å². The minimum Gasteiger partial charge on any atom is -0.326 e. The van der Waals surface area contributed by atoms with Crippen molar-refractivity contribution < 1.29 is 9.59 Å². The highest BCUT2D eigenvalue weighted by molar-refractivity contribution is 6.03. The summed E-state index contributed by atoms with van der Waals surface area (Å²) in [6.45, 7) is 5.25. The predicted molar refractivity (Wildman–Crippen MR) is 110 cm³/mol. The molecule has 0 spiro atoms. The summed E-state index contributed by atoms with van der Waals surface area (Å²) in [6.07, 6.45) is 0. The molecule has 0 radical (unpaired) electrons. The number of nitrogens with one attached hydrogen (secondary N) is 3. The van der Waals surface area contributed by atoms with Gasteiger partial charge in [0.15, 0.2) is 0 Å². The molecule has 3 aromatic rings. The number of carbonyl (C=O) groups is 2. The Labute approximate surface area is 163 Å². The first-order valence-corrected chi connectivity index (χ1v) is 8.77. The summed E-state index contributed by atoms with van der Waals surface area (Å²) in [5, 5.41) is 8.60. The highest BCUT2D eigenvalue weighted by Crippen LogP contribution is 2.17. The number of anilines is 4. The molecule has 0 unspecified atom stereocenters. The van der Waals surface area contributed by atoms with E-state index >= 15 is 0 Å². The summed E-state index contributed by atoms with van der Waals surface area (Å²) in [5.74, 6) is -0.135. The number of aromatic nitrogens is 2. The molecule has 0 bridgehead atoms. The van der Waals surface area contributed by atoms with Gasteiger partial charge in [0.2, 0.25) is 11.9 Å². The molecule has 1 aromatic heterocycles. The number of carbonyl (C=O) groups excluding carboxylic acids is 2. The van der Waals surface area contributed by atoms with Gasteiger partial charge in [-0.25, -0.2) is 9.97 Å². The third-order valence-electron chi connectivity index (χ3n) is 3.82. The van der Waals surface area contributed by atoms with E-state index in [0.717, 1.165) is 11.3 Å². The number of aryl methyl sites for hydroxylation is 2. The second-order valence-electron chi connectivity index (χ2n) is 6.43. The van der Waals surface area contributed by atoms with Crippen LogP contribution in [0.2, 0.25) is 0 Å². The van der Waals surface area contributed by atoms with E-state index in [4.69, 9.17) is 0 Å². The SMILES string of the molecule is CC(=O)Nc1ccc(NC(=O)c2cc(C)nc(Nc3cccc(C)c3)n2)cc1. The quantitative estimate of drug-likeness (QED) is 0.625. The van der Waals surface area contributed by atoms with Crippen LogP contribution < -0.4 is 16.0 Å². The van der Waals surface area contributed by atoms with Gasteiger partial charge in [0.05, 0.1) is 0 Å². The molecule has 0 saturated heterocycles. The fourth-order valence-corrected chi connectivity index (χ4v) is 2.63. The van der Waals surface area contributed by atoms with Crippen molar-refractivity contribution in [3.05, 3.63) is 71.5 Å². The summed E-state index contributed by atoms with van der Waals surface area (Å²) >= 11 is 0. The molecule has 7 nitrogen and oxygen atoms in total. The standard InChI is InChI=1S/C21H21N5O2/c1-13-5-4-6-18(11-13)25-21-22-14(2)12-19(26-21)20(28)24-17-9-7-16(8-10-17)23-15(3)27/h4-12H,1-3H3,(H,23,27)(H,24,28)(H,22,25,26). The average Bonchev–Trinajstić information content (AvgIpc) is 2.62. The largest absolute Gasteiger partial charge is 0.326 e. The first-order chi connectivity index (χ1) is 13.4. The van der Waals surface area contributed by atoms with Crippen molar-refractivity contribution in [1.82, 2.24) is 9.97 Å². The lowest BCUT2D eigenvalue weighted by Crippen LogP contribution is -2.15. The second-order valence-corrected chi connectivity index (χ2v) is 6.43. The van der Waals surface area contributed by atoms with E-state index in [9.17, 15) is 9.59 Å². The summed E-state index contributed by atoms with van der Waals surface area (Å²) in [7, 11) is 0. The highest BCUT2D eigenvalue weighted by atomic mass is 16.2. The normalized spacial score (nSPS) is 10.2. The molecular weight excluding hydrogens is 354 g/mol. The minimum atomic E-state index is -0.343. The Morgan fingerprint density at radius 3 is 2.14 bits per heavy atom. The Balaban J connectivity index is 1.74. The topological polar surface area (TPSA) is 96.0 Å². The smallest absolute Gasteiger partial charge is 0.274 e. The molecule has 3 rings (SSSR count). The van der Waals surface area contributed by atoms with Crippen LogP contribution in [-0.4, -0.2) is 21.8 Å². The van der Waals surface area contributed by atoms with Crippen molar-refractivity contribution in [2.45, 2.75) is 20.8 Å². The molecule has 142 valence electrons. The number of rotatable bonds is 5. The lowest BCUT2D eigenvalue weighted by atomic mass is 10.2. The first kappa shape index (κ1) is 19.0. The zero-order valence-corrected chi connectivity index (χ0v) is 15.9. The van der Waals surface area contributed by atoms with Crippen molar-refractivity contribution >= 4 is 34.8 Å².